The fourth-order valence-electron chi connectivity index (χ4n) is 3.89. The number of halogens is 2. The summed E-state index contributed by atoms with van der Waals surface area (Å²) in [6.45, 7) is 2.13. The molecule has 2 aromatic rings. The van der Waals surface area contributed by atoms with E-state index in [1.54, 1.807) is 30.0 Å². The van der Waals surface area contributed by atoms with Crippen LogP contribution in [-0.4, -0.2) is 28.8 Å². The average molecular weight is 447 g/mol. The molecule has 2 amide bonds. The Morgan fingerprint density at radius 3 is 2.27 bits per heavy atom. The highest BCUT2D eigenvalue weighted by atomic mass is 35.5. The monoisotopic (exact) mass is 446 g/mol. The summed E-state index contributed by atoms with van der Waals surface area (Å²) < 4.78 is 0. The van der Waals surface area contributed by atoms with Crippen LogP contribution in [0.15, 0.2) is 48.5 Å². The number of hydrogen-bond acceptors (Lipinski definition) is 2. The van der Waals surface area contributed by atoms with Crippen molar-refractivity contribution in [1.82, 2.24) is 10.2 Å². The zero-order chi connectivity index (χ0) is 21.5. The summed E-state index contributed by atoms with van der Waals surface area (Å²) in [6.07, 6.45) is 5.54. The fourth-order valence-corrected chi connectivity index (χ4v) is 4.42. The number of benzene rings is 2. The van der Waals surface area contributed by atoms with Gasteiger partial charge in [-0.15, -0.1) is 0 Å². The van der Waals surface area contributed by atoms with Gasteiger partial charge < -0.3 is 10.2 Å². The van der Waals surface area contributed by atoms with Gasteiger partial charge in [0.05, 0.1) is 6.42 Å². The number of hydrogen-bond donors (Lipinski definition) is 1. The summed E-state index contributed by atoms with van der Waals surface area (Å²) in [5.74, 6) is -0.295. The maximum Gasteiger partial charge on any atom is 0.242 e. The summed E-state index contributed by atoms with van der Waals surface area (Å²) >= 11 is 12.5. The normalized spacial score (nSPS) is 15.4. The number of rotatable bonds is 7. The van der Waals surface area contributed by atoms with E-state index in [0.717, 1.165) is 31.2 Å². The van der Waals surface area contributed by atoms with Crippen LogP contribution in [0.5, 0.6) is 0 Å². The summed E-state index contributed by atoms with van der Waals surface area (Å²) in [7, 11) is 0. The Morgan fingerprint density at radius 1 is 1.00 bits per heavy atom. The number of amides is 2. The Hall–Kier alpha value is -2.04. The van der Waals surface area contributed by atoms with E-state index in [2.05, 4.69) is 5.32 Å². The van der Waals surface area contributed by atoms with E-state index in [-0.39, 0.29) is 24.3 Å². The lowest BCUT2D eigenvalue weighted by molar-refractivity contribution is -0.140. The highest BCUT2D eigenvalue weighted by Crippen LogP contribution is 2.26. The minimum atomic E-state index is -0.596. The van der Waals surface area contributed by atoms with Gasteiger partial charge in [-0.2, -0.15) is 0 Å². The Morgan fingerprint density at radius 2 is 1.63 bits per heavy atom. The third-order valence-electron chi connectivity index (χ3n) is 5.70. The Balaban J connectivity index is 1.78. The van der Waals surface area contributed by atoms with Crippen molar-refractivity contribution >= 4 is 35.0 Å². The summed E-state index contributed by atoms with van der Waals surface area (Å²) in [4.78, 5) is 27.9. The maximum absolute atomic E-state index is 13.3. The predicted molar refractivity (Wildman–Crippen MR) is 122 cm³/mol. The maximum atomic E-state index is 13.3. The largest absolute Gasteiger partial charge is 0.352 e. The molecule has 1 saturated carbocycles. The first kappa shape index (κ1) is 22.6. The minimum Gasteiger partial charge on any atom is -0.352 e. The van der Waals surface area contributed by atoms with Crippen LogP contribution in [0, 0.1) is 0 Å². The lowest BCUT2D eigenvalue weighted by atomic mass is 9.95. The van der Waals surface area contributed by atoms with Crippen molar-refractivity contribution in [2.24, 2.45) is 0 Å². The smallest absolute Gasteiger partial charge is 0.242 e. The molecule has 4 nitrogen and oxygen atoms in total. The molecule has 1 fully saturated rings. The third-order valence-corrected chi connectivity index (χ3v) is 6.41. The molecule has 2 aromatic carbocycles. The van der Waals surface area contributed by atoms with Gasteiger partial charge in [-0.25, -0.2) is 0 Å². The second-order valence-corrected chi connectivity index (χ2v) is 8.72. The van der Waals surface area contributed by atoms with E-state index in [1.807, 2.05) is 30.3 Å². The summed E-state index contributed by atoms with van der Waals surface area (Å²) in [5.41, 5.74) is 1.55. The van der Waals surface area contributed by atoms with E-state index < -0.39 is 6.04 Å². The Kier molecular flexibility index (Phi) is 8.17. The van der Waals surface area contributed by atoms with Gasteiger partial charge in [0, 0.05) is 22.6 Å². The number of nitrogens with zero attached hydrogens (tertiary/aromatic N) is 1. The molecular weight excluding hydrogens is 419 g/mol. The van der Waals surface area contributed by atoms with Crippen molar-refractivity contribution in [2.75, 3.05) is 0 Å². The van der Waals surface area contributed by atoms with Gasteiger partial charge in [-0.1, -0.05) is 78.9 Å². The lowest BCUT2D eigenvalue weighted by Gasteiger charge is -2.31. The molecule has 1 atom stereocenters. The van der Waals surface area contributed by atoms with Crippen molar-refractivity contribution in [3.05, 3.63) is 69.7 Å². The molecule has 0 heterocycles. The molecular formula is C24H28Cl2N2O2. The van der Waals surface area contributed by atoms with Gasteiger partial charge in [0.2, 0.25) is 11.8 Å². The topological polar surface area (TPSA) is 49.4 Å². The molecule has 0 bridgehead atoms. The molecule has 1 aliphatic carbocycles. The van der Waals surface area contributed by atoms with Crippen LogP contribution in [0.4, 0.5) is 0 Å². The van der Waals surface area contributed by atoms with Crippen molar-refractivity contribution < 1.29 is 9.59 Å². The van der Waals surface area contributed by atoms with Crippen molar-refractivity contribution in [2.45, 2.75) is 64.1 Å². The molecule has 160 valence electrons. The third kappa shape index (κ3) is 5.99. The molecule has 0 spiro atoms. The van der Waals surface area contributed by atoms with Crippen LogP contribution in [0.25, 0.3) is 0 Å². The fraction of sp³-hybridized carbons (Fsp3) is 0.417. The van der Waals surface area contributed by atoms with Gasteiger partial charge in [0.1, 0.15) is 6.04 Å². The molecule has 0 radical (unpaired) electrons. The van der Waals surface area contributed by atoms with E-state index in [0.29, 0.717) is 22.2 Å². The molecule has 30 heavy (non-hydrogen) atoms. The van der Waals surface area contributed by atoms with E-state index >= 15 is 0 Å². The summed E-state index contributed by atoms with van der Waals surface area (Å²) in [5, 5.41) is 4.05. The molecule has 1 N–H and O–H groups in total. The first-order valence-electron chi connectivity index (χ1n) is 10.5. The molecule has 6 heteroatoms. The van der Waals surface area contributed by atoms with E-state index in [4.69, 9.17) is 23.2 Å². The van der Waals surface area contributed by atoms with Gasteiger partial charge in [0.25, 0.3) is 0 Å². The summed E-state index contributed by atoms with van der Waals surface area (Å²) in [6, 6.07) is 14.5. The van der Waals surface area contributed by atoms with Gasteiger partial charge in [-0.05, 0) is 43.0 Å². The van der Waals surface area contributed by atoms with Crippen LogP contribution in [0.3, 0.4) is 0 Å². The van der Waals surface area contributed by atoms with Crippen molar-refractivity contribution in [3.63, 3.8) is 0 Å². The molecule has 3 rings (SSSR count). The van der Waals surface area contributed by atoms with E-state index in [1.165, 1.54) is 6.42 Å². The number of carbonyl (C=O) groups excluding carboxylic acids is 2. The van der Waals surface area contributed by atoms with Gasteiger partial charge >= 0.3 is 0 Å². The Bertz CT molecular complexity index is 847. The molecule has 0 saturated heterocycles. The second kappa shape index (κ2) is 10.8. The van der Waals surface area contributed by atoms with Crippen LogP contribution in [0.2, 0.25) is 10.0 Å². The highest BCUT2D eigenvalue weighted by Gasteiger charge is 2.28. The number of nitrogens with one attached hydrogen (secondary N) is 1. The Labute approximate surface area is 188 Å². The molecule has 0 aromatic heterocycles. The van der Waals surface area contributed by atoms with Crippen molar-refractivity contribution in [1.29, 1.82) is 0 Å². The quantitative estimate of drug-likeness (QED) is 0.618. The zero-order valence-corrected chi connectivity index (χ0v) is 18.8. The SMILES string of the molecule is C[C@H](C(=O)NC1CCCCC1)N(Cc1ccccc1)C(=O)Cc1c(Cl)cccc1Cl. The van der Waals surface area contributed by atoms with Crippen LogP contribution in [-0.2, 0) is 22.6 Å². The standard InChI is InChI=1S/C24H28Cl2N2O2/c1-17(24(30)27-19-11-6-3-7-12-19)28(16-18-9-4-2-5-10-18)23(29)15-20-21(25)13-8-14-22(20)26/h2,4-5,8-10,13-14,17,19H,3,6-7,11-12,15-16H2,1H3,(H,27,30)/t17-/m1/s1. The highest BCUT2D eigenvalue weighted by molar-refractivity contribution is 6.36. The van der Waals surface area contributed by atoms with Crippen molar-refractivity contribution in [3.8, 4) is 0 Å². The predicted octanol–water partition coefficient (Wildman–Crippen LogP) is 5.40. The van der Waals surface area contributed by atoms with Crippen LogP contribution in [0.1, 0.15) is 50.2 Å². The minimum absolute atomic E-state index is 0.0480. The first-order valence-corrected chi connectivity index (χ1v) is 11.3. The van der Waals surface area contributed by atoms with Crippen LogP contribution < -0.4 is 5.32 Å². The van der Waals surface area contributed by atoms with Crippen LogP contribution >= 0.6 is 23.2 Å². The first-order chi connectivity index (χ1) is 14.5. The lowest BCUT2D eigenvalue weighted by Crippen LogP contribution is -2.50. The second-order valence-electron chi connectivity index (χ2n) is 7.90. The van der Waals surface area contributed by atoms with Gasteiger partial charge in [-0.3, -0.25) is 9.59 Å². The molecule has 0 unspecified atom stereocenters. The molecule has 0 aliphatic heterocycles. The van der Waals surface area contributed by atoms with E-state index in [9.17, 15) is 9.59 Å². The number of carbonyl (C=O) groups is 2. The average Bonchev–Trinajstić information content (AvgIpc) is 2.75. The molecule has 1 aliphatic rings. The van der Waals surface area contributed by atoms with Gasteiger partial charge in [0.15, 0.2) is 0 Å². The zero-order valence-electron chi connectivity index (χ0n) is 17.2.